The van der Waals surface area contributed by atoms with Gasteiger partial charge in [-0.3, -0.25) is 4.79 Å². The highest BCUT2D eigenvalue weighted by molar-refractivity contribution is 5.66. The Labute approximate surface area is 242 Å². The summed E-state index contributed by atoms with van der Waals surface area (Å²) in [6, 6.07) is 27.4. The SMILES string of the molecule is C=CC=C(C=CC)CCC(O)Cc1cc(=O)c(OCc2ccc(OC)cc2)cn1-c1cccc(-c2ccccc2)c1. The van der Waals surface area contributed by atoms with E-state index in [-0.39, 0.29) is 17.8 Å². The van der Waals surface area contributed by atoms with E-state index in [0.29, 0.717) is 25.0 Å². The molecule has 1 aromatic heterocycles. The number of aliphatic hydroxyl groups excluding tert-OH is 1. The molecule has 41 heavy (non-hydrogen) atoms. The van der Waals surface area contributed by atoms with Crippen molar-refractivity contribution in [2.75, 3.05) is 7.11 Å². The number of benzene rings is 3. The third-order valence-electron chi connectivity index (χ3n) is 6.80. The van der Waals surface area contributed by atoms with Crippen molar-refractivity contribution >= 4 is 0 Å². The number of nitrogens with zero attached hydrogens (tertiary/aromatic N) is 1. The maximum absolute atomic E-state index is 13.2. The minimum atomic E-state index is -0.637. The molecule has 0 aliphatic heterocycles. The van der Waals surface area contributed by atoms with Gasteiger partial charge in [-0.1, -0.05) is 85.5 Å². The van der Waals surface area contributed by atoms with Crippen LogP contribution in [-0.2, 0) is 13.0 Å². The molecule has 1 atom stereocenters. The Kier molecular flexibility index (Phi) is 10.5. The molecule has 0 saturated carbocycles. The molecule has 0 aliphatic rings. The minimum Gasteiger partial charge on any atom is -0.497 e. The lowest BCUT2D eigenvalue weighted by atomic mass is 10.0. The molecule has 210 valence electrons. The Morgan fingerprint density at radius 2 is 1.76 bits per heavy atom. The molecular weight excluding hydrogens is 510 g/mol. The maximum Gasteiger partial charge on any atom is 0.223 e. The second-order valence-electron chi connectivity index (χ2n) is 9.79. The van der Waals surface area contributed by atoms with Crippen LogP contribution in [0.1, 0.15) is 31.0 Å². The third kappa shape index (κ3) is 8.19. The van der Waals surface area contributed by atoms with Crippen molar-refractivity contribution in [2.45, 2.75) is 38.9 Å². The number of methoxy groups -OCH3 is 1. The normalized spacial score (nSPS) is 12.3. The maximum atomic E-state index is 13.2. The zero-order valence-electron chi connectivity index (χ0n) is 23.7. The molecular formula is C36H37NO4. The van der Waals surface area contributed by atoms with Crippen molar-refractivity contribution in [1.82, 2.24) is 4.57 Å². The highest BCUT2D eigenvalue weighted by atomic mass is 16.5. The Bertz CT molecular complexity index is 1550. The fourth-order valence-corrected chi connectivity index (χ4v) is 4.68. The van der Waals surface area contributed by atoms with Gasteiger partial charge in [0.05, 0.1) is 19.4 Å². The zero-order valence-corrected chi connectivity index (χ0v) is 23.7. The molecule has 5 heteroatoms. The summed E-state index contributed by atoms with van der Waals surface area (Å²) < 4.78 is 13.2. The zero-order chi connectivity index (χ0) is 29.0. The van der Waals surface area contributed by atoms with Crippen molar-refractivity contribution in [3.8, 4) is 28.3 Å². The molecule has 0 radical (unpaired) electrons. The number of aliphatic hydroxyl groups is 1. The molecule has 1 unspecified atom stereocenters. The van der Waals surface area contributed by atoms with Crippen LogP contribution < -0.4 is 14.9 Å². The molecule has 5 nitrogen and oxygen atoms in total. The molecule has 1 heterocycles. The van der Waals surface area contributed by atoms with E-state index in [2.05, 4.69) is 30.8 Å². The lowest BCUT2D eigenvalue weighted by molar-refractivity contribution is 0.163. The predicted octanol–water partition coefficient (Wildman–Crippen LogP) is 7.46. The smallest absolute Gasteiger partial charge is 0.223 e. The fourth-order valence-electron chi connectivity index (χ4n) is 4.68. The van der Waals surface area contributed by atoms with Gasteiger partial charge in [0.2, 0.25) is 5.43 Å². The van der Waals surface area contributed by atoms with E-state index >= 15 is 0 Å². The van der Waals surface area contributed by atoms with Crippen LogP contribution in [-0.4, -0.2) is 22.9 Å². The van der Waals surface area contributed by atoms with E-state index in [1.165, 1.54) is 0 Å². The molecule has 4 rings (SSSR count). The van der Waals surface area contributed by atoms with Gasteiger partial charge in [0.25, 0.3) is 0 Å². The summed E-state index contributed by atoms with van der Waals surface area (Å²) in [7, 11) is 1.62. The van der Waals surface area contributed by atoms with E-state index in [9.17, 15) is 9.90 Å². The minimum absolute atomic E-state index is 0.225. The summed E-state index contributed by atoms with van der Waals surface area (Å²) in [5.41, 5.74) is 5.53. The summed E-state index contributed by atoms with van der Waals surface area (Å²) in [5, 5.41) is 11.0. The summed E-state index contributed by atoms with van der Waals surface area (Å²) >= 11 is 0. The molecule has 0 spiro atoms. The number of hydrogen-bond acceptors (Lipinski definition) is 4. The van der Waals surface area contributed by atoms with Gasteiger partial charge in [-0.15, -0.1) is 0 Å². The average Bonchev–Trinajstić information content (AvgIpc) is 3.00. The largest absolute Gasteiger partial charge is 0.497 e. The first-order valence-corrected chi connectivity index (χ1v) is 13.8. The number of rotatable bonds is 13. The first kappa shape index (κ1) is 29.4. The lowest BCUT2D eigenvalue weighted by Gasteiger charge is -2.19. The number of allylic oxidation sites excluding steroid dienone is 5. The van der Waals surface area contributed by atoms with E-state index in [0.717, 1.165) is 33.7 Å². The number of aromatic nitrogens is 1. The summed E-state index contributed by atoms with van der Waals surface area (Å²) in [4.78, 5) is 13.2. The van der Waals surface area contributed by atoms with Crippen LogP contribution >= 0.6 is 0 Å². The summed E-state index contributed by atoms with van der Waals surface area (Å²) in [5.74, 6) is 1.00. The summed E-state index contributed by atoms with van der Waals surface area (Å²) in [6.45, 7) is 5.99. The van der Waals surface area contributed by atoms with Gasteiger partial charge in [0.15, 0.2) is 5.75 Å². The Morgan fingerprint density at radius 3 is 2.46 bits per heavy atom. The van der Waals surface area contributed by atoms with E-state index < -0.39 is 6.10 Å². The molecule has 1 N–H and O–H groups in total. The second kappa shape index (κ2) is 14.7. The molecule has 3 aromatic carbocycles. The number of pyridine rings is 1. The fraction of sp³-hybridized carbons (Fsp3) is 0.194. The molecule has 4 aromatic rings. The van der Waals surface area contributed by atoms with Crippen LogP contribution in [0.5, 0.6) is 11.5 Å². The number of ether oxygens (including phenoxy) is 2. The topological polar surface area (TPSA) is 60.7 Å². The van der Waals surface area contributed by atoms with Gasteiger partial charge in [-0.25, -0.2) is 0 Å². The average molecular weight is 548 g/mol. The standard InChI is InChI=1S/C36H37NO4/c1-4-10-27(11-5-2)16-19-33(38)23-32-24-35(39)36(41-26-28-17-20-34(40-3)21-18-28)25-37(32)31-15-9-14-30(22-31)29-12-7-6-8-13-29/h4-15,17-18,20-22,24-25,33,38H,1,16,19,23,26H2,2-3H3. The third-order valence-corrected chi connectivity index (χ3v) is 6.80. The van der Waals surface area contributed by atoms with Crippen molar-refractivity contribution in [3.63, 3.8) is 0 Å². The quantitative estimate of drug-likeness (QED) is 0.177. The Balaban J connectivity index is 1.65. The van der Waals surface area contributed by atoms with Crippen molar-refractivity contribution in [2.24, 2.45) is 0 Å². The first-order chi connectivity index (χ1) is 20.0. The summed E-state index contributed by atoms with van der Waals surface area (Å²) in [6.07, 6.45) is 10.4. The van der Waals surface area contributed by atoms with Crippen LogP contribution in [0.4, 0.5) is 0 Å². The molecule has 0 saturated heterocycles. The van der Waals surface area contributed by atoms with E-state index in [1.54, 1.807) is 25.4 Å². The lowest BCUT2D eigenvalue weighted by Crippen LogP contribution is -2.19. The van der Waals surface area contributed by atoms with Crippen LogP contribution in [0.15, 0.2) is 132 Å². The Morgan fingerprint density at radius 1 is 1.00 bits per heavy atom. The second-order valence-corrected chi connectivity index (χ2v) is 9.79. The molecule has 0 fully saturated rings. The first-order valence-electron chi connectivity index (χ1n) is 13.8. The van der Waals surface area contributed by atoms with Crippen molar-refractivity contribution in [3.05, 3.63) is 149 Å². The van der Waals surface area contributed by atoms with Gasteiger partial charge in [0, 0.05) is 23.9 Å². The van der Waals surface area contributed by atoms with Crippen LogP contribution in [0.3, 0.4) is 0 Å². The molecule has 0 bridgehead atoms. The van der Waals surface area contributed by atoms with Gasteiger partial charge < -0.3 is 19.1 Å². The van der Waals surface area contributed by atoms with E-state index in [4.69, 9.17) is 9.47 Å². The van der Waals surface area contributed by atoms with Gasteiger partial charge in [0.1, 0.15) is 12.4 Å². The molecule has 0 aliphatic carbocycles. The number of hydrogen-bond donors (Lipinski definition) is 1. The van der Waals surface area contributed by atoms with Crippen molar-refractivity contribution in [1.29, 1.82) is 0 Å². The predicted molar refractivity (Wildman–Crippen MR) is 167 cm³/mol. The monoisotopic (exact) mass is 547 g/mol. The highest BCUT2D eigenvalue weighted by Gasteiger charge is 2.15. The Hall–Kier alpha value is -4.61. The van der Waals surface area contributed by atoms with Gasteiger partial charge in [-0.2, -0.15) is 0 Å². The van der Waals surface area contributed by atoms with E-state index in [1.807, 2.05) is 84.3 Å². The van der Waals surface area contributed by atoms with Gasteiger partial charge >= 0.3 is 0 Å². The van der Waals surface area contributed by atoms with Crippen LogP contribution in [0, 0.1) is 0 Å². The van der Waals surface area contributed by atoms with Gasteiger partial charge in [-0.05, 0) is 66.3 Å². The highest BCUT2D eigenvalue weighted by Crippen LogP contribution is 2.25. The van der Waals surface area contributed by atoms with Crippen LogP contribution in [0.2, 0.25) is 0 Å². The van der Waals surface area contributed by atoms with Crippen LogP contribution in [0.25, 0.3) is 16.8 Å². The van der Waals surface area contributed by atoms with Crippen molar-refractivity contribution < 1.29 is 14.6 Å². The molecule has 0 amide bonds.